The minimum Gasteiger partial charge on any atom is -0.497 e. The molecule has 0 spiro atoms. The van der Waals surface area contributed by atoms with Crippen molar-refractivity contribution in [3.63, 3.8) is 0 Å². The highest BCUT2D eigenvalue weighted by molar-refractivity contribution is 7.90. The lowest BCUT2D eigenvalue weighted by Crippen LogP contribution is -2.20. The molecule has 0 bridgehead atoms. The first-order chi connectivity index (χ1) is 12.4. The van der Waals surface area contributed by atoms with Gasteiger partial charge in [-0.3, -0.25) is 0 Å². The number of nitrogens with one attached hydrogen (secondary N) is 1. The van der Waals surface area contributed by atoms with Crippen LogP contribution >= 0.6 is 12.4 Å². The second-order valence-electron chi connectivity index (χ2n) is 6.44. The van der Waals surface area contributed by atoms with E-state index in [9.17, 15) is 8.42 Å². The van der Waals surface area contributed by atoms with Gasteiger partial charge < -0.3 is 14.8 Å². The van der Waals surface area contributed by atoms with Gasteiger partial charge in [0.2, 0.25) is 0 Å². The van der Waals surface area contributed by atoms with Crippen LogP contribution in [0.15, 0.2) is 48.5 Å². The number of sulfone groups is 1. The van der Waals surface area contributed by atoms with Gasteiger partial charge in [0.05, 0.1) is 12.9 Å². The van der Waals surface area contributed by atoms with Gasteiger partial charge in [-0.25, -0.2) is 8.42 Å². The molecule has 2 rings (SSSR count). The Morgan fingerprint density at radius 3 is 2.15 bits per heavy atom. The molecule has 0 saturated carbocycles. The number of benzene rings is 2. The number of hydrogen-bond donors (Lipinski definition) is 1. The number of ether oxygens (including phenoxy) is 2. The fourth-order valence-electron chi connectivity index (χ4n) is 2.66. The predicted octanol–water partition coefficient (Wildman–Crippen LogP) is 3.43. The van der Waals surface area contributed by atoms with Crippen molar-refractivity contribution < 1.29 is 17.9 Å². The van der Waals surface area contributed by atoms with Gasteiger partial charge in [0, 0.05) is 19.3 Å². The normalized spacial score (nSPS) is 12.1. The topological polar surface area (TPSA) is 64.6 Å². The van der Waals surface area contributed by atoms with Crippen LogP contribution in [-0.4, -0.2) is 40.7 Å². The molecule has 150 valence electrons. The summed E-state index contributed by atoms with van der Waals surface area (Å²) in [5, 5.41) is 3.34. The zero-order valence-corrected chi connectivity index (χ0v) is 17.6. The van der Waals surface area contributed by atoms with Gasteiger partial charge in [0.15, 0.2) is 0 Å². The minimum absolute atomic E-state index is 0. The fraction of sp³-hybridized carbons (Fsp3) is 0.400. The van der Waals surface area contributed by atoms with Gasteiger partial charge in [-0.1, -0.05) is 31.2 Å². The maximum absolute atomic E-state index is 11.4. The smallest absolute Gasteiger partial charge is 0.148 e. The van der Waals surface area contributed by atoms with Crippen LogP contribution in [0.2, 0.25) is 0 Å². The lowest BCUT2D eigenvalue weighted by molar-refractivity contribution is 0.313. The molecule has 5 nitrogen and oxygen atoms in total. The molecule has 0 amide bonds. The molecule has 2 aromatic carbocycles. The molecular weight excluding hydrogens is 386 g/mol. The molecule has 0 unspecified atom stereocenters. The lowest BCUT2D eigenvalue weighted by atomic mass is 10.0. The van der Waals surface area contributed by atoms with Crippen molar-refractivity contribution in [2.75, 3.05) is 32.3 Å². The van der Waals surface area contributed by atoms with E-state index in [0.717, 1.165) is 35.7 Å². The van der Waals surface area contributed by atoms with Crippen LogP contribution < -0.4 is 14.8 Å². The summed E-state index contributed by atoms with van der Waals surface area (Å²) < 4.78 is 33.6. The second kappa shape index (κ2) is 11.2. The molecule has 7 heteroatoms. The Morgan fingerprint density at radius 2 is 1.59 bits per heavy atom. The van der Waals surface area contributed by atoms with Crippen LogP contribution in [0.3, 0.4) is 0 Å². The molecule has 0 aliphatic carbocycles. The van der Waals surface area contributed by atoms with Crippen LogP contribution in [0.4, 0.5) is 0 Å². The molecule has 0 radical (unpaired) electrons. The van der Waals surface area contributed by atoms with Crippen LogP contribution in [0.25, 0.3) is 0 Å². The second-order valence-corrected chi connectivity index (χ2v) is 8.62. The quantitative estimate of drug-likeness (QED) is 0.604. The van der Waals surface area contributed by atoms with E-state index in [-0.39, 0.29) is 24.1 Å². The molecule has 2 aromatic rings. The molecule has 0 saturated heterocycles. The van der Waals surface area contributed by atoms with E-state index < -0.39 is 9.84 Å². The summed E-state index contributed by atoms with van der Waals surface area (Å²) in [6.45, 7) is 3.99. The third kappa shape index (κ3) is 8.65. The monoisotopic (exact) mass is 413 g/mol. The molecule has 1 N–H and O–H groups in total. The maximum atomic E-state index is 11.4. The maximum Gasteiger partial charge on any atom is 0.148 e. The Morgan fingerprint density at radius 1 is 1.00 bits per heavy atom. The molecule has 27 heavy (non-hydrogen) atoms. The summed E-state index contributed by atoms with van der Waals surface area (Å²) in [5.74, 6) is 1.80. The molecule has 1 atom stereocenters. The van der Waals surface area contributed by atoms with Gasteiger partial charge in [-0.05, 0) is 41.3 Å². The van der Waals surface area contributed by atoms with Crippen LogP contribution in [0, 0.1) is 0 Å². The van der Waals surface area contributed by atoms with E-state index in [1.165, 1.54) is 6.26 Å². The van der Waals surface area contributed by atoms with E-state index in [0.29, 0.717) is 6.61 Å². The van der Waals surface area contributed by atoms with Crippen molar-refractivity contribution in [1.29, 1.82) is 0 Å². The zero-order valence-electron chi connectivity index (χ0n) is 16.0. The Labute approximate surface area is 168 Å². The molecule has 0 aromatic heterocycles. The average Bonchev–Trinajstić information content (AvgIpc) is 2.61. The predicted molar refractivity (Wildman–Crippen MR) is 112 cm³/mol. The van der Waals surface area contributed by atoms with Gasteiger partial charge in [0.1, 0.15) is 27.9 Å². The van der Waals surface area contributed by atoms with E-state index in [2.05, 4.69) is 5.32 Å². The number of halogens is 1. The van der Waals surface area contributed by atoms with Crippen molar-refractivity contribution in [2.45, 2.75) is 19.4 Å². The molecule has 0 heterocycles. The van der Waals surface area contributed by atoms with Gasteiger partial charge in [0.25, 0.3) is 0 Å². The van der Waals surface area contributed by atoms with Crippen molar-refractivity contribution >= 4 is 22.2 Å². The summed E-state index contributed by atoms with van der Waals surface area (Å²) in [7, 11) is -1.32. The highest BCUT2D eigenvalue weighted by Crippen LogP contribution is 2.18. The highest BCUT2D eigenvalue weighted by atomic mass is 35.5. The molecular formula is C20H28ClNO4S. The van der Waals surface area contributed by atoms with Crippen molar-refractivity contribution in [3.05, 3.63) is 59.7 Å². The number of hydrogen-bond acceptors (Lipinski definition) is 5. The average molecular weight is 414 g/mol. The SMILES string of the molecule is COc1ccc(OCCNCc2ccc([C@@H](C)CS(C)(=O)=O)cc2)cc1.Cl. The van der Waals surface area contributed by atoms with Gasteiger partial charge >= 0.3 is 0 Å². The van der Waals surface area contributed by atoms with Crippen molar-refractivity contribution in [2.24, 2.45) is 0 Å². The molecule has 0 fully saturated rings. The van der Waals surface area contributed by atoms with Crippen LogP contribution in [0.5, 0.6) is 11.5 Å². The van der Waals surface area contributed by atoms with Crippen LogP contribution in [0.1, 0.15) is 24.0 Å². The third-order valence-corrected chi connectivity index (χ3v) is 5.14. The first-order valence-electron chi connectivity index (χ1n) is 8.61. The van der Waals surface area contributed by atoms with E-state index in [4.69, 9.17) is 9.47 Å². The number of methoxy groups -OCH3 is 1. The van der Waals surface area contributed by atoms with Crippen molar-refractivity contribution in [1.82, 2.24) is 5.32 Å². The molecule has 0 aliphatic heterocycles. The zero-order chi connectivity index (χ0) is 19.0. The minimum atomic E-state index is -2.96. The van der Waals surface area contributed by atoms with E-state index in [1.807, 2.05) is 55.5 Å². The Kier molecular flexibility index (Phi) is 9.63. The Hall–Kier alpha value is -1.76. The largest absolute Gasteiger partial charge is 0.497 e. The number of rotatable bonds is 10. The standard InChI is InChI=1S/C20H27NO4S.ClH/c1-16(15-26(3,22)23)18-6-4-17(5-7-18)14-21-12-13-25-20-10-8-19(24-2)9-11-20;/h4-11,16,21H,12-15H2,1-3H3;1H/t16-;/m0./s1. The van der Waals surface area contributed by atoms with Crippen LogP contribution in [-0.2, 0) is 16.4 Å². The Balaban J connectivity index is 0.00000364. The van der Waals surface area contributed by atoms with E-state index >= 15 is 0 Å². The summed E-state index contributed by atoms with van der Waals surface area (Å²) >= 11 is 0. The van der Waals surface area contributed by atoms with E-state index in [1.54, 1.807) is 7.11 Å². The van der Waals surface area contributed by atoms with Crippen molar-refractivity contribution in [3.8, 4) is 11.5 Å². The molecule has 0 aliphatic rings. The highest BCUT2D eigenvalue weighted by Gasteiger charge is 2.12. The Bertz CT molecular complexity index is 777. The summed E-state index contributed by atoms with van der Waals surface area (Å²) in [4.78, 5) is 0. The fourth-order valence-corrected chi connectivity index (χ4v) is 3.76. The van der Waals surface area contributed by atoms with Gasteiger partial charge in [-0.15, -0.1) is 12.4 Å². The van der Waals surface area contributed by atoms with Gasteiger partial charge in [-0.2, -0.15) is 0 Å². The summed E-state index contributed by atoms with van der Waals surface area (Å²) in [5.41, 5.74) is 2.20. The third-order valence-electron chi connectivity index (χ3n) is 4.04. The lowest BCUT2D eigenvalue weighted by Gasteiger charge is -2.12. The summed E-state index contributed by atoms with van der Waals surface area (Å²) in [6.07, 6.45) is 1.27. The first-order valence-corrected chi connectivity index (χ1v) is 10.7. The first kappa shape index (κ1) is 23.3. The summed E-state index contributed by atoms with van der Waals surface area (Å²) in [6, 6.07) is 15.6.